The molecular weight excluding hydrogens is 258 g/mol. The summed E-state index contributed by atoms with van der Waals surface area (Å²) in [5, 5.41) is 3.75. The van der Waals surface area contributed by atoms with Gasteiger partial charge in [-0.25, -0.2) is 0 Å². The molecule has 1 amide bonds. The Balaban J connectivity index is 2.18. The third-order valence-electron chi connectivity index (χ3n) is 5.09. The zero-order chi connectivity index (χ0) is 15.1. The first-order chi connectivity index (χ1) is 9.28. The van der Waals surface area contributed by atoms with Crippen molar-refractivity contribution in [3.8, 4) is 0 Å². The number of hydrogen-bond donors (Lipinski definition) is 1. The Hall–Kier alpha value is -1.40. The molecule has 20 heavy (non-hydrogen) atoms. The molecule has 6 nitrogen and oxygen atoms in total. The van der Waals surface area contributed by atoms with Crippen LogP contribution in [0.25, 0.3) is 0 Å². The van der Waals surface area contributed by atoms with Crippen molar-refractivity contribution in [2.45, 2.75) is 45.4 Å². The SMILES string of the molecule is COC1(C)CC(N(C)C(=O)c2conc2CN)C1(C)C. The molecule has 1 heterocycles. The summed E-state index contributed by atoms with van der Waals surface area (Å²) in [6.07, 6.45) is 2.17. The van der Waals surface area contributed by atoms with Crippen LogP contribution in [0.3, 0.4) is 0 Å². The Morgan fingerprint density at radius 2 is 2.25 bits per heavy atom. The lowest BCUT2D eigenvalue weighted by Crippen LogP contribution is -2.68. The lowest BCUT2D eigenvalue weighted by atomic mass is 9.55. The Kier molecular flexibility index (Phi) is 3.64. The fourth-order valence-electron chi connectivity index (χ4n) is 2.99. The summed E-state index contributed by atoms with van der Waals surface area (Å²) in [7, 11) is 3.52. The minimum atomic E-state index is -0.211. The predicted octanol–water partition coefficient (Wildman–Crippen LogP) is 1.41. The smallest absolute Gasteiger partial charge is 0.259 e. The van der Waals surface area contributed by atoms with E-state index in [9.17, 15) is 4.79 Å². The van der Waals surface area contributed by atoms with Crippen LogP contribution in [-0.4, -0.2) is 41.8 Å². The molecule has 2 unspecified atom stereocenters. The molecule has 1 aromatic heterocycles. The van der Waals surface area contributed by atoms with Crippen molar-refractivity contribution in [1.82, 2.24) is 10.1 Å². The maximum Gasteiger partial charge on any atom is 0.259 e. The minimum Gasteiger partial charge on any atom is -0.378 e. The molecule has 2 atom stereocenters. The standard InChI is InChI=1S/C14H23N3O3/c1-13(2)11(6-14(13,3)19-5)17(4)12(18)9-8-20-16-10(9)7-15/h8,11H,6-7,15H2,1-5H3. The van der Waals surface area contributed by atoms with Gasteiger partial charge in [0.05, 0.1) is 5.60 Å². The maximum absolute atomic E-state index is 12.5. The summed E-state index contributed by atoms with van der Waals surface area (Å²) >= 11 is 0. The van der Waals surface area contributed by atoms with Crippen LogP contribution in [0.1, 0.15) is 43.2 Å². The van der Waals surface area contributed by atoms with Crippen molar-refractivity contribution in [1.29, 1.82) is 0 Å². The molecule has 1 aliphatic carbocycles. The van der Waals surface area contributed by atoms with Crippen LogP contribution in [0.15, 0.2) is 10.8 Å². The number of carbonyl (C=O) groups is 1. The second-order valence-electron chi connectivity index (χ2n) is 6.17. The summed E-state index contributed by atoms with van der Waals surface area (Å²) in [6, 6.07) is 0.112. The number of carbonyl (C=O) groups excluding carboxylic acids is 1. The first-order valence-electron chi connectivity index (χ1n) is 6.74. The van der Waals surface area contributed by atoms with Gasteiger partial charge in [-0.1, -0.05) is 19.0 Å². The van der Waals surface area contributed by atoms with E-state index in [0.717, 1.165) is 6.42 Å². The van der Waals surface area contributed by atoms with Gasteiger partial charge in [0.15, 0.2) is 0 Å². The van der Waals surface area contributed by atoms with Gasteiger partial charge in [0.25, 0.3) is 5.91 Å². The number of nitrogens with two attached hydrogens (primary N) is 1. The van der Waals surface area contributed by atoms with Crippen LogP contribution >= 0.6 is 0 Å². The van der Waals surface area contributed by atoms with E-state index in [1.807, 2.05) is 0 Å². The van der Waals surface area contributed by atoms with E-state index in [0.29, 0.717) is 11.3 Å². The Morgan fingerprint density at radius 1 is 1.60 bits per heavy atom. The fourth-order valence-corrected chi connectivity index (χ4v) is 2.99. The van der Waals surface area contributed by atoms with E-state index < -0.39 is 0 Å². The maximum atomic E-state index is 12.5. The zero-order valence-electron chi connectivity index (χ0n) is 12.8. The van der Waals surface area contributed by atoms with Crippen molar-refractivity contribution < 1.29 is 14.1 Å². The van der Waals surface area contributed by atoms with Gasteiger partial charge < -0.3 is 19.9 Å². The second-order valence-corrected chi connectivity index (χ2v) is 6.17. The first kappa shape index (κ1) is 15.0. The fraction of sp³-hybridized carbons (Fsp3) is 0.714. The van der Waals surface area contributed by atoms with Gasteiger partial charge in [-0.05, 0) is 13.3 Å². The van der Waals surface area contributed by atoms with Gasteiger partial charge in [0, 0.05) is 32.2 Å². The Morgan fingerprint density at radius 3 is 2.75 bits per heavy atom. The van der Waals surface area contributed by atoms with Crippen molar-refractivity contribution in [2.24, 2.45) is 11.1 Å². The molecule has 1 saturated carbocycles. The quantitative estimate of drug-likeness (QED) is 0.902. The van der Waals surface area contributed by atoms with Gasteiger partial charge >= 0.3 is 0 Å². The van der Waals surface area contributed by atoms with Gasteiger partial charge in [-0.3, -0.25) is 4.79 Å². The van der Waals surface area contributed by atoms with Crippen LogP contribution in [-0.2, 0) is 11.3 Å². The van der Waals surface area contributed by atoms with Gasteiger partial charge in [0.1, 0.15) is 17.5 Å². The number of aromatic nitrogens is 1. The summed E-state index contributed by atoms with van der Waals surface area (Å²) in [6.45, 7) is 6.50. The van der Waals surface area contributed by atoms with Crippen molar-refractivity contribution >= 4 is 5.91 Å². The van der Waals surface area contributed by atoms with Crippen molar-refractivity contribution in [3.05, 3.63) is 17.5 Å². The molecule has 0 bridgehead atoms. The first-order valence-corrected chi connectivity index (χ1v) is 6.74. The second kappa shape index (κ2) is 4.86. The summed E-state index contributed by atoms with van der Waals surface area (Å²) in [5.41, 5.74) is 6.17. The number of hydrogen-bond acceptors (Lipinski definition) is 5. The highest BCUT2D eigenvalue weighted by molar-refractivity contribution is 5.95. The van der Waals surface area contributed by atoms with E-state index >= 15 is 0 Å². The molecule has 0 aromatic carbocycles. The minimum absolute atomic E-state index is 0.108. The van der Waals surface area contributed by atoms with Gasteiger partial charge in [-0.15, -0.1) is 0 Å². The number of methoxy groups -OCH3 is 1. The number of rotatable bonds is 4. The lowest BCUT2D eigenvalue weighted by Gasteiger charge is -2.61. The van der Waals surface area contributed by atoms with Crippen LogP contribution < -0.4 is 5.73 Å². The van der Waals surface area contributed by atoms with Gasteiger partial charge in [0.2, 0.25) is 0 Å². The monoisotopic (exact) mass is 281 g/mol. The van der Waals surface area contributed by atoms with Crippen LogP contribution in [0, 0.1) is 5.41 Å². The molecule has 2 rings (SSSR count). The highest BCUT2D eigenvalue weighted by Crippen LogP contribution is 2.53. The molecular formula is C14H23N3O3. The number of ether oxygens (including phenoxy) is 1. The Labute approximate surface area is 119 Å². The Bertz CT molecular complexity index is 512. The average molecular weight is 281 g/mol. The highest BCUT2D eigenvalue weighted by atomic mass is 16.5. The van der Waals surface area contributed by atoms with Crippen molar-refractivity contribution in [3.63, 3.8) is 0 Å². The predicted molar refractivity (Wildman–Crippen MR) is 74.1 cm³/mol. The molecule has 6 heteroatoms. The van der Waals surface area contributed by atoms with Crippen molar-refractivity contribution in [2.75, 3.05) is 14.2 Å². The molecule has 0 saturated heterocycles. The van der Waals surface area contributed by atoms with E-state index in [1.165, 1.54) is 6.26 Å². The topological polar surface area (TPSA) is 81.6 Å². The summed E-state index contributed by atoms with van der Waals surface area (Å²) < 4.78 is 10.4. The molecule has 1 aliphatic rings. The summed E-state index contributed by atoms with van der Waals surface area (Å²) in [4.78, 5) is 14.3. The highest BCUT2D eigenvalue weighted by Gasteiger charge is 2.59. The van der Waals surface area contributed by atoms with Gasteiger partial charge in [-0.2, -0.15) is 0 Å². The van der Waals surface area contributed by atoms with E-state index in [1.54, 1.807) is 19.1 Å². The van der Waals surface area contributed by atoms with Crippen LogP contribution in [0.2, 0.25) is 0 Å². The molecule has 0 radical (unpaired) electrons. The molecule has 1 aromatic rings. The molecule has 0 aliphatic heterocycles. The van der Waals surface area contributed by atoms with E-state index in [2.05, 4.69) is 25.9 Å². The number of nitrogens with zero attached hydrogens (tertiary/aromatic N) is 2. The third-order valence-corrected chi connectivity index (χ3v) is 5.09. The molecule has 1 fully saturated rings. The largest absolute Gasteiger partial charge is 0.378 e. The summed E-state index contributed by atoms with van der Waals surface area (Å²) in [5.74, 6) is -0.108. The number of amides is 1. The normalized spacial score (nSPS) is 28.0. The van der Waals surface area contributed by atoms with E-state index in [-0.39, 0.29) is 29.5 Å². The third kappa shape index (κ3) is 1.94. The van der Waals surface area contributed by atoms with Crippen LogP contribution in [0.4, 0.5) is 0 Å². The zero-order valence-corrected chi connectivity index (χ0v) is 12.8. The molecule has 0 spiro atoms. The van der Waals surface area contributed by atoms with E-state index in [4.69, 9.17) is 15.0 Å². The van der Waals surface area contributed by atoms with Crippen LogP contribution in [0.5, 0.6) is 0 Å². The molecule has 2 N–H and O–H groups in total. The average Bonchev–Trinajstić information content (AvgIpc) is 2.90. The lowest BCUT2D eigenvalue weighted by molar-refractivity contribution is -0.198. The molecule has 112 valence electrons.